The van der Waals surface area contributed by atoms with Crippen LogP contribution < -0.4 is 4.74 Å². The summed E-state index contributed by atoms with van der Waals surface area (Å²) in [6.07, 6.45) is 0. The van der Waals surface area contributed by atoms with E-state index in [4.69, 9.17) is 20.9 Å². The molecule has 0 unspecified atom stereocenters. The molecule has 0 aliphatic rings. The topological polar surface area (TPSA) is 52.3 Å². The molecular formula is C24H18ClNO3. The highest BCUT2D eigenvalue weighted by Gasteiger charge is 2.24. The van der Waals surface area contributed by atoms with Crippen molar-refractivity contribution in [2.45, 2.75) is 13.8 Å². The minimum atomic E-state index is -0.540. The zero-order chi connectivity index (χ0) is 20.4. The van der Waals surface area contributed by atoms with E-state index in [1.165, 1.54) is 5.56 Å². The Bertz CT molecular complexity index is 1160. The van der Waals surface area contributed by atoms with Crippen LogP contribution in [0.4, 0.5) is 0 Å². The fourth-order valence-electron chi connectivity index (χ4n) is 3.07. The van der Waals surface area contributed by atoms with Crippen molar-refractivity contribution < 1.29 is 14.1 Å². The summed E-state index contributed by atoms with van der Waals surface area (Å²) in [7, 11) is 0. The number of carbonyl (C=O) groups excluding carboxylic acids is 1. The van der Waals surface area contributed by atoms with Crippen LogP contribution in [0.3, 0.4) is 0 Å². The largest absolute Gasteiger partial charge is 0.423 e. The molecule has 5 heteroatoms. The maximum atomic E-state index is 12.8. The molecule has 0 aliphatic heterocycles. The third-order valence-corrected chi connectivity index (χ3v) is 4.98. The first kappa shape index (κ1) is 19.0. The molecule has 0 fully saturated rings. The van der Waals surface area contributed by atoms with Gasteiger partial charge < -0.3 is 9.26 Å². The SMILES string of the molecule is Cc1ccc(-c2ccc(OC(=O)c3c(-c4ccccc4Cl)noc3C)cc2)cc1. The van der Waals surface area contributed by atoms with Gasteiger partial charge in [-0.2, -0.15) is 0 Å². The van der Waals surface area contributed by atoms with E-state index in [1.807, 2.05) is 24.3 Å². The van der Waals surface area contributed by atoms with Crippen molar-refractivity contribution in [3.63, 3.8) is 0 Å². The summed E-state index contributed by atoms with van der Waals surface area (Å²) in [5, 5.41) is 4.49. The van der Waals surface area contributed by atoms with E-state index in [-0.39, 0.29) is 5.56 Å². The van der Waals surface area contributed by atoms with E-state index in [2.05, 4.69) is 36.3 Å². The monoisotopic (exact) mass is 403 g/mol. The minimum Gasteiger partial charge on any atom is -0.423 e. The number of hydrogen-bond acceptors (Lipinski definition) is 4. The average Bonchev–Trinajstić information content (AvgIpc) is 3.11. The Morgan fingerprint density at radius 2 is 1.52 bits per heavy atom. The highest BCUT2D eigenvalue weighted by Crippen LogP contribution is 2.32. The molecule has 1 heterocycles. The second-order valence-corrected chi connectivity index (χ2v) is 7.13. The second-order valence-electron chi connectivity index (χ2n) is 6.72. The molecule has 0 atom stereocenters. The van der Waals surface area contributed by atoms with Crippen LogP contribution in [0.25, 0.3) is 22.4 Å². The quantitative estimate of drug-likeness (QED) is 0.288. The van der Waals surface area contributed by atoms with Gasteiger partial charge in [0.05, 0.1) is 5.02 Å². The van der Waals surface area contributed by atoms with Gasteiger partial charge in [-0.3, -0.25) is 0 Å². The Balaban J connectivity index is 1.58. The first-order valence-corrected chi connectivity index (χ1v) is 9.51. The van der Waals surface area contributed by atoms with Gasteiger partial charge in [0, 0.05) is 5.56 Å². The highest BCUT2D eigenvalue weighted by molar-refractivity contribution is 6.33. The summed E-state index contributed by atoms with van der Waals surface area (Å²) in [5.74, 6) is 0.277. The van der Waals surface area contributed by atoms with E-state index < -0.39 is 5.97 Å². The van der Waals surface area contributed by atoms with Crippen LogP contribution in [-0.4, -0.2) is 11.1 Å². The lowest BCUT2D eigenvalue weighted by atomic mass is 10.0. The Hall–Kier alpha value is -3.37. The highest BCUT2D eigenvalue weighted by atomic mass is 35.5. The molecule has 0 saturated carbocycles. The summed E-state index contributed by atoms with van der Waals surface area (Å²) in [4.78, 5) is 12.8. The average molecular weight is 404 g/mol. The van der Waals surface area contributed by atoms with Crippen molar-refractivity contribution in [3.05, 3.63) is 94.7 Å². The van der Waals surface area contributed by atoms with Crippen LogP contribution >= 0.6 is 11.6 Å². The predicted molar refractivity (Wildman–Crippen MR) is 113 cm³/mol. The van der Waals surface area contributed by atoms with Gasteiger partial charge in [0.2, 0.25) is 0 Å². The summed E-state index contributed by atoms with van der Waals surface area (Å²) in [5.41, 5.74) is 4.60. The van der Waals surface area contributed by atoms with Crippen molar-refractivity contribution in [1.29, 1.82) is 0 Å². The number of carbonyl (C=O) groups is 1. The molecule has 1 aromatic heterocycles. The molecule has 0 amide bonds. The Morgan fingerprint density at radius 3 is 2.17 bits per heavy atom. The molecule has 144 valence electrons. The summed E-state index contributed by atoms with van der Waals surface area (Å²) in [6.45, 7) is 3.72. The number of esters is 1. The number of halogens is 1. The van der Waals surface area contributed by atoms with E-state index in [1.54, 1.807) is 31.2 Å². The van der Waals surface area contributed by atoms with Gasteiger partial charge in [0.25, 0.3) is 0 Å². The van der Waals surface area contributed by atoms with Gasteiger partial charge in [0.15, 0.2) is 0 Å². The van der Waals surface area contributed by atoms with Gasteiger partial charge in [0.1, 0.15) is 22.8 Å². The summed E-state index contributed by atoms with van der Waals surface area (Å²) < 4.78 is 10.8. The maximum Gasteiger partial charge on any atom is 0.349 e. The molecule has 0 saturated heterocycles. The molecule has 4 aromatic rings. The van der Waals surface area contributed by atoms with Gasteiger partial charge >= 0.3 is 5.97 Å². The number of aromatic nitrogens is 1. The molecular weight excluding hydrogens is 386 g/mol. The molecule has 4 rings (SSSR count). The normalized spacial score (nSPS) is 10.7. The molecule has 0 aliphatic carbocycles. The second kappa shape index (κ2) is 7.94. The standard InChI is InChI=1S/C24H18ClNO3/c1-15-7-9-17(10-8-15)18-11-13-19(14-12-18)28-24(27)22-16(2)29-26-23(22)20-5-3-4-6-21(20)25/h3-14H,1-2H3. The van der Waals surface area contributed by atoms with Crippen LogP contribution in [0.15, 0.2) is 77.3 Å². The molecule has 4 nitrogen and oxygen atoms in total. The van der Waals surface area contributed by atoms with Crippen LogP contribution in [0, 0.1) is 13.8 Å². The molecule has 29 heavy (non-hydrogen) atoms. The number of ether oxygens (including phenoxy) is 1. The smallest absolute Gasteiger partial charge is 0.349 e. The number of hydrogen-bond donors (Lipinski definition) is 0. The fourth-order valence-corrected chi connectivity index (χ4v) is 3.29. The first-order chi connectivity index (χ1) is 14.0. The molecule has 0 radical (unpaired) electrons. The zero-order valence-corrected chi connectivity index (χ0v) is 16.7. The van der Waals surface area contributed by atoms with E-state index in [0.717, 1.165) is 11.1 Å². The number of aryl methyl sites for hydroxylation is 2. The zero-order valence-electron chi connectivity index (χ0n) is 16.0. The minimum absolute atomic E-state index is 0.265. The van der Waals surface area contributed by atoms with Crippen LogP contribution in [0.1, 0.15) is 21.7 Å². The maximum absolute atomic E-state index is 12.8. The molecule has 0 N–H and O–H groups in total. The third kappa shape index (κ3) is 3.93. The van der Waals surface area contributed by atoms with Crippen molar-refractivity contribution in [2.24, 2.45) is 0 Å². The van der Waals surface area contributed by atoms with Crippen molar-refractivity contribution in [3.8, 4) is 28.1 Å². The molecule has 3 aromatic carbocycles. The predicted octanol–water partition coefficient (Wildman–Crippen LogP) is 6.50. The molecule has 0 spiro atoms. The first-order valence-electron chi connectivity index (χ1n) is 9.13. The van der Waals surface area contributed by atoms with Crippen LogP contribution in [-0.2, 0) is 0 Å². The Kier molecular flexibility index (Phi) is 5.19. The van der Waals surface area contributed by atoms with Gasteiger partial charge in [-0.25, -0.2) is 4.79 Å². The summed E-state index contributed by atoms with van der Waals surface area (Å²) >= 11 is 6.26. The number of rotatable bonds is 4. The van der Waals surface area contributed by atoms with Gasteiger partial charge in [-0.15, -0.1) is 0 Å². The van der Waals surface area contributed by atoms with Crippen LogP contribution in [0.2, 0.25) is 5.02 Å². The van der Waals surface area contributed by atoms with E-state index in [9.17, 15) is 4.79 Å². The number of nitrogens with zero attached hydrogens (tertiary/aromatic N) is 1. The van der Waals surface area contributed by atoms with Crippen molar-refractivity contribution in [1.82, 2.24) is 5.16 Å². The third-order valence-electron chi connectivity index (χ3n) is 4.65. The Labute approximate surface area is 173 Å². The fraction of sp³-hybridized carbons (Fsp3) is 0.0833. The van der Waals surface area contributed by atoms with Gasteiger partial charge in [-0.05, 0) is 43.2 Å². The van der Waals surface area contributed by atoms with Crippen molar-refractivity contribution in [2.75, 3.05) is 0 Å². The van der Waals surface area contributed by atoms with Crippen LogP contribution in [0.5, 0.6) is 5.75 Å². The lowest BCUT2D eigenvalue weighted by molar-refractivity contribution is 0.0733. The molecule has 0 bridgehead atoms. The van der Waals surface area contributed by atoms with E-state index in [0.29, 0.717) is 27.8 Å². The summed E-state index contributed by atoms with van der Waals surface area (Å²) in [6, 6.07) is 22.8. The Morgan fingerprint density at radius 1 is 0.897 bits per heavy atom. The van der Waals surface area contributed by atoms with Crippen molar-refractivity contribution >= 4 is 17.6 Å². The van der Waals surface area contributed by atoms with E-state index >= 15 is 0 Å². The van der Waals surface area contributed by atoms with Gasteiger partial charge in [-0.1, -0.05) is 76.9 Å². The lowest BCUT2D eigenvalue weighted by Gasteiger charge is -2.07. The lowest BCUT2D eigenvalue weighted by Crippen LogP contribution is -2.10. The number of benzene rings is 3.